The highest BCUT2D eigenvalue weighted by molar-refractivity contribution is 4.92. The fourth-order valence-electron chi connectivity index (χ4n) is 5.26. The van der Waals surface area contributed by atoms with Crippen molar-refractivity contribution in [3.05, 3.63) is 0 Å². The molecule has 0 aromatic carbocycles. The average molecular weight is 644 g/mol. The molecule has 0 aliphatic rings. The van der Waals surface area contributed by atoms with E-state index in [-0.39, 0.29) is 35.9 Å². The van der Waals surface area contributed by atoms with E-state index in [9.17, 15) is 10.2 Å². The Morgan fingerprint density at radius 3 is 0.762 bits per heavy atom. The summed E-state index contributed by atoms with van der Waals surface area (Å²) in [7, 11) is 13.0. The number of hydrogen-bond acceptors (Lipinski definition) is 2. The van der Waals surface area contributed by atoms with E-state index in [1.54, 1.807) is 0 Å². The topological polar surface area (TPSA) is 40.5 Å². The number of halogens is 2. The molecular formula is C36H80Cl2N2O2. The molecule has 0 aliphatic carbocycles. The third-order valence-electron chi connectivity index (χ3n) is 11.0. The molecular weight excluding hydrogens is 563 g/mol. The van der Waals surface area contributed by atoms with E-state index in [2.05, 4.69) is 83.8 Å². The van der Waals surface area contributed by atoms with Crippen LogP contribution in [0.5, 0.6) is 0 Å². The molecule has 6 heteroatoms. The Balaban J connectivity index is -0.000000328. The zero-order valence-electron chi connectivity index (χ0n) is 31.3. The van der Waals surface area contributed by atoms with Gasteiger partial charge in [0.25, 0.3) is 0 Å². The van der Waals surface area contributed by atoms with Gasteiger partial charge in [0.1, 0.15) is 22.3 Å². The monoisotopic (exact) mass is 643 g/mol. The van der Waals surface area contributed by atoms with Crippen LogP contribution < -0.4 is 24.8 Å². The highest BCUT2D eigenvalue weighted by Crippen LogP contribution is 2.35. The van der Waals surface area contributed by atoms with Crippen LogP contribution in [0.3, 0.4) is 0 Å². The number of aliphatic hydroxyl groups is 2. The largest absolute Gasteiger partial charge is 1.00 e. The van der Waals surface area contributed by atoms with Gasteiger partial charge in [-0.2, -0.15) is 0 Å². The minimum Gasteiger partial charge on any atom is -1.00 e. The van der Waals surface area contributed by atoms with Crippen molar-refractivity contribution in [2.24, 2.45) is 0 Å². The van der Waals surface area contributed by atoms with Gasteiger partial charge in [-0.05, 0) is 54.4 Å². The molecule has 4 nitrogen and oxygen atoms in total. The molecule has 42 heavy (non-hydrogen) atoms. The smallest absolute Gasteiger partial charge is 0.122 e. The van der Waals surface area contributed by atoms with E-state index in [0.717, 1.165) is 34.6 Å². The molecule has 0 aromatic rings. The summed E-state index contributed by atoms with van der Waals surface area (Å²) in [4.78, 5) is 0. The lowest BCUT2D eigenvalue weighted by Crippen LogP contribution is -3.00. The predicted octanol–water partition coefficient (Wildman–Crippen LogP) is 3.51. The fourth-order valence-corrected chi connectivity index (χ4v) is 5.26. The van der Waals surface area contributed by atoms with Crippen LogP contribution in [0.25, 0.3) is 0 Å². The first-order valence-electron chi connectivity index (χ1n) is 17.2. The lowest BCUT2D eigenvalue weighted by Gasteiger charge is -2.50. The van der Waals surface area contributed by atoms with Gasteiger partial charge in [-0.3, -0.25) is 0 Å². The molecule has 0 bridgehead atoms. The second-order valence-corrected chi connectivity index (χ2v) is 16.1. The second kappa shape index (κ2) is 22.8. The standard InChI is InChI=1S/2C18H40NO.2ClH/c2*1-8-9-10-11-12-13-14-15-16-18(4,20)17(2,3)19(5,6)7;;/h2*20H,8-16H2,1-7H3;2*1H/q2*+1;;/p-2. The molecule has 2 unspecified atom stereocenters. The molecule has 0 rings (SSSR count). The van der Waals surface area contributed by atoms with Crippen LogP contribution in [0.2, 0.25) is 0 Å². The summed E-state index contributed by atoms with van der Waals surface area (Å²) < 4.78 is 1.58. The Kier molecular flexibility index (Phi) is 26.8. The van der Waals surface area contributed by atoms with Gasteiger partial charge in [0.2, 0.25) is 0 Å². The first kappa shape index (κ1) is 49.3. The molecule has 0 radical (unpaired) electrons. The van der Waals surface area contributed by atoms with Gasteiger partial charge in [0.05, 0.1) is 42.3 Å². The van der Waals surface area contributed by atoms with E-state index >= 15 is 0 Å². The number of rotatable bonds is 22. The third kappa shape index (κ3) is 18.4. The highest BCUT2D eigenvalue weighted by atomic mass is 35.5. The maximum atomic E-state index is 10.8. The van der Waals surface area contributed by atoms with Gasteiger partial charge in [0, 0.05) is 0 Å². The second-order valence-electron chi connectivity index (χ2n) is 16.1. The lowest BCUT2D eigenvalue weighted by atomic mass is 9.78. The minimum absolute atomic E-state index is 0. The van der Waals surface area contributed by atoms with Crippen LogP contribution in [0.4, 0.5) is 0 Å². The molecule has 0 spiro atoms. The molecule has 0 aliphatic heterocycles. The summed E-state index contributed by atoms with van der Waals surface area (Å²) in [5.74, 6) is 0. The van der Waals surface area contributed by atoms with E-state index in [0.29, 0.717) is 0 Å². The van der Waals surface area contributed by atoms with Crippen molar-refractivity contribution in [1.29, 1.82) is 0 Å². The van der Waals surface area contributed by atoms with Crippen LogP contribution in [0.1, 0.15) is 171 Å². The van der Waals surface area contributed by atoms with Crippen molar-refractivity contribution in [3.63, 3.8) is 0 Å². The van der Waals surface area contributed by atoms with Crippen molar-refractivity contribution in [1.82, 2.24) is 0 Å². The fraction of sp³-hybridized carbons (Fsp3) is 1.00. The van der Waals surface area contributed by atoms with Crippen molar-refractivity contribution in [3.8, 4) is 0 Å². The van der Waals surface area contributed by atoms with E-state index in [1.807, 2.05) is 13.8 Å². The number of likely N-dealkylation sites (N-methyl/N-ethyl adjacent to an activating group) is 2. The van der Waals surface area contributed by atoms with Crippen molar-refractivity contribution < 1.29 is 44.0 Å². The maximum Gasteiger partial charge on any atom is 0.122 e. The van der Waals surface area contributed by atoms with Gasteiger partial charge in [-0.1, -0.05) is 117 Å². The molecule has 2 N–H and O–H groups in total. The molecule has 0 heterocycles. The summed E-state index contributed by atoms with van der Waals surface area (Å²) in [6.45, 7) is 17.3. The van der Waals surface area contributed by atoms with Crippen LogP contribution in [0, 0.1) is 0 Å². The van der Waals surface area contributed by atoms with E-state index in [1.165, 1.54) is 89.9 Å². The van der Waals surface area contributed by atoms with Crippen molar-refractivity contribution in [2.45, 2.75) is 193 Å². The number of quaternary nitrogens is 2. The summed E-state index contributed by atoms with van der Waals surface area (Å²) in [5.41, 5.74) is -1.47. The summed E-state index contributed by atoms with van der Waals surface area (Å²) in [6, 6.07) is 0. The van der Waals surface area contributed by atoms with Gasteiger partial charge < -0.3 is 44.0 Å². The van der Waals surface area contributed by atoms with Crippen LogP contribution in [-0.4, -0.2) is 83.7 Å². The molecule has 0 aromatic heterocycles. The Bertz CT molecular complexity index is 567. The van der Waals surface area contributed by atoms with Crippen LogP contribution in [-0.2, 0) is 0 Å². The highest BCUT2D eigenvalue weighted by Gasteiger charge is 2.49. The first-order chi connectivity index (χ1) is 18.1. The summed E-state index contributed by atoms with van der Waals surface area (Å²) >= 11 is 0. The Morgan fingerprint density at radius 1 is 0.381 bits per heavy atom. The lowest BCUT2D eigenvalue weighted by molar-refractivity contribution is -0.928. The van der Waals surface area contributed by atoms with E-state index in [4.69, 9.17) is 0 Å². The molecule has 0 saturated carbocycles. The minimum atomic E-state index is -0.604. The Labute approximate surface area is 278 Å². The predicted molar refractivity (Wildman–Crippen MR) is 180 cm³/mol. The number of hydrogen-bond donors (Lipinski definition) is 2. The quantitative estimate of drug-likeness (QED) is 0.140. The summed E-state index contributed by atoms with van der Waals surface area (Å²) in [5, 5.41) is 21.7. The molecule has 0 fully saturated rings. The van der Waals surface area contributed by atoms with Crippen LogP contribution in [0.15, 0.2) is 0 Å². The normalized spacial score (nSPS) is 15.4. The van der Waals surface area contributed by atoms with Gasteiger partial charge in [-0.25, -0.2) is 0 Å². The van der Waals surface area contributed by atoms with Gasteiger partial charge in [-0.15, -0.1) is 0 Å². The Hall–Kier alpha value is 0.420. The number of unbranched alkanes of at least 4 members (excludes halogenated alkanes) is 14. The summed E-state index contributed by atoms with van der Waals surface area (Å²) in [6.07, 6.45) is 22.9. The van der Waals surface area contributed by atoms with Crippen molar-refractivity contribution in [2.75, 3.05) is 42.3 Å². The zero-order chi connectivity index (χ0) is 31.7. The zero-order valence-corrected chi connectivity index (χ0v) is 32.8. The SMILES string of the molecule is CCCCCCCCCCC(C)(O)C(C)(C)[N+](C)(C)C.CCCCCCCCCCC(C)(O)C(C)(C)[N+](C)(C)C.[Cl-].[Cl-]. The van der Waals surface area contributed by atoms with Gasteiger partial charge in [0.15, 0.2) is 0 Å². The molecule has 0 saturated heterocycles. The first-order valence-corrected chi connectivity index (χ1v) is 17.2. The van der Waals surface area contributed by atoms with E-state index < -0.39 is 11.2 Å². The molecule has 260 valence electrons. The Morgan fingerprint density at radius 2 is 0.571 bits per heavy atom. The van der Waals surface area contributed by atoms with Crippen LogP contribution >= 0.6 is 0 Å². The van der Waals surface area contributed by atoms with Crippen molar-refractivity contribution >= 4 is 0 Å². The number of nitrogens with zero attached hydrogens (tertiary/aromatic N) is 2. The maximum absolute atomic E-state index is 10.8. The average Bonchev–Trinajstić information content (AvgIpc) is 2.81. The molecule has 0 amide bonds. The molecule has 2 atom stereocenters. The third-order valence-corrected chi connectivity index (χ3v) is 11.0. The van der Waals surface area contributed by atoms with Gasteiger partial charge >= 0.3 is 0 Å².